The van der Waals surface area contributed by atoms with Crippen molar-refractivity contribution in [3.05, 3.63) is 45.0 Å². The molecule has 8 heteroatoms. The van der Waals surface area contributed by atoms with Gasteiger partial charge in [-0.15, -0.1) is 0 Å². The molecule has 7 nitrogen and oxygen atoms in total. The van der Waals surface area contributed by atoms with E-state index in [1.165, 1.54) is 0 Å². The van der Waals surface area contributed by atoms with Gasteiger partial charge in [-0.2, -0.15) is 5.10 Å². The van der Waals surface area contributed by atoms with Gasteiger partial charge < -0.3 is 18.9 Å². The van der Waals surface area contributed by atoms with Crippen molar-refractivity contribution < 1.29 is 23.7 Å². The van der Waals surface area contributed by atoms with Crippen molar-refractivity contribution in [3.8, 4) is 23.0 Å². The topological polar surface area (TPSA) is 78.4 Å². The number of carbonyl (C=O) groups excluding carboxylic acids is 1. The second-order valence-corrected chi connectivity index (χ2v) is 6.79. The molecule has 0 unspecified atom stereocenters. The van der Waals surface area contributed by atoms with Crippen LogP contribution in [0.4, 0.5) is 0 Å². The lowest BCUT2D eigenvalue weighted by atomic mass is 10.1. The molecule has 1 amide bonds. The Morgan fingerprint density at radius 3 is 2.43 bits per heavy atom. The van der Waals surface area contributed by atoms with Crippen LogP contribution in [-0.2, 0) is 11.2 Å². The minimum Gasteiger partial charge on any atom is -0.493 e. The van der Waals surface area contributed by atoms with E-state index in [-0.39, 0.29) is 12.3 Å². The molecule has 0 heterocycles. The van der Waals surface area contributed by atoms with Crippen molar-refractivity contribution in [2.45, 2.75) is 13.3 Å². The Morgan fingerprint density at radius 1 is 1.07 bits per heavy atom. The number of ether oxygens (including phenoxy) is 4. The lowest BCUT2D eigenvalue weighted by Crippen LogP contribution is -2.19. The fourth-order valence-electron chi connectivity index (χ4n) is 2.49. The first-order valence-electron chi connectivity index (χ1n) is 8.55. The summed E-state index contributed by atoms with van der Waals surface area (Å²) in [6, 6.07) is 9.04. The zero-order valence-corrected chi connectivity index (χ0v) is 18.4. The summed E-state index contributed by atoms with van der Waals surface area (Å²) >= 11 is 2.17. The van der Waals surface area contributed by atoms with Gasteiger partial charge >= 0.3 is 0 Å². The SMILES string of the molecule is CCOc1c(I)cc(/C=N/NC(=O)Cc2ccc(OC)c(OC)c2)cc1OC. The Balaban J connectivity index is 2.02. The summed E-state index contributed by atoms with van der Waals surface area (Å²) in [7, 11) is 4.70. The van der Waals surface area contributed by atoms with Crippen LogP contribution in [0.1, 0.15) is 18.1 Å². The zero-order chi connectivity index (χ0) is 20.5. The number of halogens is 1. The third kappa shape index (κ3) is 5.75. The molecule has 1 N–H and O–H groups in total. The first-order chi connectivity index (χ1) is 13.5. The maximum atomic E-state index is 12.1. The quantitative estimate of drug-likeness (QED) is 0.326. The highest BCUT2D eigenvalue weighted by Crippen LogP contribution is 2.33. The van der Waals surface area contributed by atoms with Gasteiger partial charge in [0, 0.05) is 0 Å². The Bertz CT molecular complexity index is 855. The average Bonchev–Trinajstić information content (AvgIpc) is 2.69. The van der Waals surface area contributed by atoms with E-state index in [0.717, 1.165) is 14.7 Å². The van der Waals surface area contributed by atoms with Gasteiger partial charge in [0.25, 0.3) is 0 Å². The fraction of sp³-hybridized carbons (Fsp3) is 0.300. The number of carbonyl (C=O) groups is 1. The van der Waals surface area contributed by atoms with Crippen LogP contribution >= 0.6 is 22.6 Å². The molecule has 0 fully saturated rings. The largest absolute Gasteiger partial charge is 0.493 e. The fourth-order valence-corrected chi connectivity index (χ4v) is 3.27. The molecule has 0 saturated heterocycles. The summed E-state index contributed by atoms with van der Waals surface area (Å²) < 4.78 is 22.3. The molecule has 2 aromatic rings. The number of nitrogens with zero attached hydrogens (tertiary/aromatic N) is 1. The molecule has 2 aromatic carbocycles. The number of rotatable bonds is 9. The number of hydrogen-bond acceptors (Lipinski definition) is 6. The van der Waals surface area contributed by atoms with Gasteiger partial charge in [-0.05, 0) is 64.9 Å². The van der Waals surface area contributed by atoms with Crippen molar-refractivity contribution in [1.82, 2.24) is 5.43 Å². The Morgan fingerprint density at radius 2 is 1.79 bits per heavy atom. The summed E-state index contributed by atoms with van der Waals surface area (Å²) in [6.45, 7) is 2.46. The van der Waals surface area contributed by atoms with E-state index in [1.54, 1.807) is 45.7 Å². The monoisotopic (exact) mass is 498 g/mol. The number of hydrazone groups is 1. The van der Waals surface area contributed by atoms with Crippen LogP contribution in [0.25, 0.3) is 0 Å². The number of hydrogen-bond donors (Lipinski definition) is 1. The molecule has 28 heavy (non-hydrogen) atoms. The molecule has 0 atom stereocenters. The molecule has 0 radical (unpaired) electrons. The molecular weight excluding hydrogens is 475 g/mol. The summed E-state index contributed by atoms with van der Waals surface area (Å²) in [5.41, 5.74) is 4.11. The van der Waals surface area contributed by atoms with Gasteiger partial charge in [0.05, 0.1) is 44.1 Å². The van der Waals surface area contributed by atoms with Crippen molar-refractivity contribution >= 4 is 34.7 Å². The van der Waals surface area contributed by atoms with Crippen molar-refractivity contribution in [2.24, 2.45) is 5.10 Å². The van der Waals surface area contributed by atoms with Crippen LogP contribution in [-0.4, -0.2) is 40.1 Å². The van der Waals surface area contributed by atoms with Crippen molar-refractivity contribution in [2.75, 3.05) is 27.9 Å². The number of nitrogens with one attached hydrogen (secondary N) is 1. The first kappa shape index (κ1) is 21.8. The van der Waals surface area contributed by atoms with Crippen LogP contribution in [0, 0.1) is 3.57 Å². The first-order valence-corrected chi connectivity index (χ1v) is 9.63. The second kappa shape index (κ2) is 10.7. The normalized spacial score (nSPS) is 10.6. The maximum Gasteiger partial charge on any atom is 0.244 e. The van der Waals surface area contributed by atoms with Gasteiger partial charge in [-0.1, -0.05) is 6.07 Å². The smallest absolute Gasteiger partial charge is 0.244 e. The van der Waals surface area contributed by atoms with E-state index in [1.807, 2.05) is 19.1 Å². The summed E-state index contributed by atoms with van der Waals surface area (Å²) in [5.74, 6) is 2.26. The molecule has 0 saturated carbocycles. The van der Waals surface area contributed by atoms with Gasteiger partial charge in [-0.25, -0.2) is 5.43 Å². The average molecular weight is 498 g/mol. The molecule has 2 rings (SSSR count). The van der Waals surface area contributed by atoms with E-state index in [4.69, 9.17) is 18.9 Å². The number of benzene rings is 2. The number of amides is 1. The van der Waals surface area contributed by atoms with Gasteiger partial charge in [0.15, 0.2) is 23.0 Å². The van der Waals surface area contributed by atoms with Crippen LogP contribution in [0.15, 0.2) is 35.4 Å². The van der Waals surface area contributed by atoms with E-state index in [2.05, 4.69) is 33.1 Å². The predicted octanol–water partition coefficient (Wildman–Crippen LogP) is 3.41. The molecular formula is C20H23IN2O5. The predicted molar refractivity (Wildman–Crippen MR) is 116 cm³/mol. The second-order valence-electron chi connectivity index (χ2n) is 5.63. The third-order valence-electron chi connectivity index (χ3n) is 3.76. The van der Waals surface area contributed by atoms with E-state index in [9.17, 15) is 4.79 Å². The van der Waals surface area contributed by atoms with Crippen LogP contribution < -0.4 is 24.4 Å². The third-order valence-corrected chi connectivity index (χ3v) is 4.56. The Labute approximate surface area is 178 Å². The summed E-state index contributed by atoms with van der Waals surface area (Å²) in [4.78, 5) is 12.1. The molecule has 0 aliphatic rings. The highest BCUT2D eigenvalue weighted by atomic mass is 127. The number of methoxy groups -OCH3 is 3. The van der Waals surface area contributed by atoms with Gasteiger partial charge in [0.1, 0.15) is 0 Å². The summed E-state index contributed by atoms with van der Waals surface area (Å²) in [5, 5.41) is 4.03. The Kier molecular flexibility index (Phi) is 8.37. The highest BCUT2D eigenvalue weighted by Gasteiger charge is 2.11. The van der Waals surface area contributed by atoms with Gasteiger partial charge in [0.2, 0.25) is 5.91 Å². The molecule has 0 spiro atoms. The highest BCUT2D eigenvalue weighted by molar-refractivity contribution is 14.1. The van der Waals surface area contributed by atoms with Crippen molar-refractivity contribution in [3.63, 3.8) is 0 Å². The van der Waals surface area contributed by atoms with E-state index in [0.29, 0.717) is 29.6 Å². The zero-order valence-electron chi connectivity index (χ0n) is 16.2. The van der Waals surface area contributed by atoms with Crippen LogP contribution in [0.3, 0.4) is 0 Å². The van der Waals surface area contributed by atoms with Crippen molar-refractivity contribution in [1.29, 1.82) is 0 Å². The maximum absolute atomic E-state index is 12.1. The molecule has 0 bridgehead atoms. The lowest BCUT2D eigenvalue weighted by molar-refractivity contribution is -0.120. The molecule has 0 aliphatic carbocycles. The summed E-state index contributed by atoms with van der Waals surface area (Å²) in [6.07, 6.45) is 1.73. The lowest BCUT2D eigenvalue weighted by Gasteiger charge is -2.12. The minimum atomic E-state index is -0.240. The van der Waals surface area contributed by atoms with Gasteiger partial charge in [-0.3, -0.25) is 4.79 Å². The van der Waals surface area contributed by atoms with E-state index < -0.39 is 0 Å². The van der Waals surface area contributed by atoms with E-state index >= 15 is 0 Å². The Hall–Kier alpha value is -2.49. The van der Waals surface area contributed by atoms with Crippen LogP contribution in [0.5, 0.6) is 23.0 Å². The minimum absolute atomic E-state index is 0.168. The molecule has 150 valence electrons. The van der Waals surface area contributed by atoms with Crippen LogP contribution in [0.2, 0.25) is 0 Å². The molecule has 0 aliphatic heterocycles. The molecule has 0 aromatic heterocycles. The standard InChI is InChI=1S/C20H23IN2O5/c1-5-28-20-15(21)8-14(10-18(20)27-4)12-22-23-19(24)11-13-6-7-16(25-2)17(9-13)26-3/h6-10,12H,5,11H2,1-4H3,(H,23,24)/b22-12+.